The highest BCUT2D eigenvalue weighted by Crippen LogP contribution is 2.30. The molecule has 122 valence electrons. The molecule has 0 spiro atoms. The number of imidazole rings is 1. The standard InChI is InChI=1S/C17H21N3O3/c1-19-5-6-20(17(19)18)10-13-7-14(16(21)22-2)9-15(8-13)23-11-12-3-4-12/h5-9,12,18H,3-4,10-11H2,1-2H3. The SMILES string of the molecule is COC(=O)c1cc(Cn2ccn(C)c2=N)cc(OCC2CC2)c1. The Bertz CT molecular complexity index is 772. The van der Waals surface area contributed by atoms with E-state index in [-0.39, 0.29) is 5.97 Å². The van der Waals surface area contributed by atoms with Crippen molar-refractivity contribution in [1.82, 2.24) is 9.13 Å². The van der Waals surface area contributed by atoms with Crippen molar-refractivity contribution in [2.24, 2.45) is 13.0 Å². The number of hydrogen-bond donors (Lipinski definition) is 1. The molecule has 1 fully saturated rings. The molecule has 6 heteroatoms. The summed E-state index contributed by atoms with van der Waals surface area (Å²) >= 11 is 0. The van der Waals surface area contributed by atoms with Crippen LogP contribution in [0, 0.1) is 11.3 Å². The van der Waals surface area contributed by atoms with E-state index in [1.807, 2.05) is 25.5 Å². The molecule has 6 nitrogen and oxygen atoms in total. The zero-order valence-electron chi connectivity index (χ0n) is 13.4. The molecule has 3 rings (SSSR count). The quantitative estimate of drug-likeness (QED) is 0.828. The van der Waals surface area contributed by atoms with Crippen LogP contribution in [0.4, 0.5) is 0 Å². The smallest absolute Gasteiger partial charge is 0.337 e. The molecule has 0 saturated heterocycles. The Balaban J connectivity index is 1.87. The third-order valence-electron chi connectivity index (χ3n) is 4.00. The molecular formula is C17H21N3O3. The molecule has 1 N–H and O–H groups in total. The van der Waals surface area contributed by atoms with Crippen molar-refractivity contribution in [3.05, 3.63) is 47.3 Å². The fourth-order valence-corrected chi connectivity index (χ4v) is 2.42. The van der Waals surface area contributed by atoms with E-state index in [0.717, 1.165) is 5.56 Å². The summed E-state index contributed by atoms with van der Waals surface area (Å²) in [5.74, 6) is 0.939. The first-order valence-electron chi connectivity index (χ1n) is 7.68. The molecule has 0 radical (unpaired) electrons. The maximum atomic E-state index is 11.9. The van der Waals surface area contributed by atoms with E-state index >= 15 is 0 Å². The van der Waals surface area contributed by atoms with Crippen molar-refractivity contribution in [1.29, 1.82) is 5.41 Å². The minimum Gasteiger partial charge on any atom is -0.493 e. The van der Waals surface area contributed by atoms with Crippen LogP contribution in [0.3, 0.4) is 0 Å². The van der Waals surface area contributed by atoms with Crippen LogP contribution in [-0.2, 0) is 18.3 Å². The van der Waals surface area contributed by atoms with Gasteiger partial charge in [-0.15, -0.1) is 0 Å². The number of rotatable bonds is 6. The Morgan fingerprint density at radius 1 is 1.30 bits per heavy atom. The van der Waals surface area contributed by atoms with Crippen LogP contribution >= 0.6 is 0 Å². The molecule has 0 bridgehead atoms. The molecule has 1 aromatic carbocycles. The number of ether oxygens (including phenoxy) is 2. The second kappa shape index (κ2) is 6.32. The van der Waals surface area contributed by atoms with E-state index < -0.39 is 0 Å². The Kier molecular flexibility index (Phi) is 4.23. The van der Waals surface area contributed by atoms with Gasteiger partial charge in [0.25, 0.3) is 0 Å². The lowest BCUT2D eigenvalue weighted by atomic mass is 10.1. The number of aromatic nitrogens is 2. The van der Waals surface area contributed by atoms with Crippen LogP contribution in [0.25, 0.3) is 0 Å². The average molecular weight is 315 g/mol. The molecule has 1 heterocycles. The van der Waals surface area contributed by atoms with Crippen molar-refractivity contribution >= 4 is 5.97 Å². The van der Waals surface area contributed by atoms with Crippen LogP contribution in [0.2, 0.25) is 0 Å². The predicted molar refractivity (Wildman–Crippen MR) is 84.4 cm³/mol. The highest BCUT2D eigenvalue weighted by atomic mass is 16.5. The summed E-state index contributed by atoms with van der Waals surface area (Å²) in [4.78, 5) is 11.9. The van der Waals surface area contributed by atoms with Crippen molar-refractivity contribution in [3.63, 3.8) is 0 Å². The topological polar surface area (TPSA) is 69.2 Å². The third-order valence-corrected chi connectivity index (χ3v) is 4.00. The minimum atomic E-state index is -0.382. The number of carbonyl (C=O) groups excluding carboxylic acids is 1. The summed E-state index contributed by atoms with van der Waals surface area (Å²) < 4.78 is 14.2. The molecular weight excluding hydrogens is 294 g/mol. The van der Waals surface area contributed by atoms with Crippen LogP contribution in [0.1, 0.15) is 28.8 Å². The molecule has 0 aliphatic heterocycles. The van der Waals surface area contributed by atoms with Gasteiger partial charge in [0.05, 0.1) is 25.8 Å². The summed E-state index contributed by atoms with van der Waals surface area (Å²) in [7, 11) is 3.20. The van der Waals surface area contributed by atoms with E-state index in [1.165, 1.54) is 20.0 Å². The van der Waals surface area contributed by atoms with Crippen molar-refractivity contribution < 1.29 is 14.3 Å². The van der Waals surface area contributed by atoms with E-state index in [1.54, 1.807) is 21.3 Å². The molecule has 1 aliphatic carbocycles. The van der Waals surface area contributed by atoms with Gasteiger partial charge in [-0.2, -0.15) is 0 Å². The number of esters is 1. The number of nitrogens with one attached hydrogen (secondary N) is 1. The van der Waals surface area contributed by atoms with Gasteiger partial charge in [0, 0.05) is 19.4 Å². The lowest BCUT2D eigenvalue weighted by Crippen LogP contribution is -2.22. The number of methoxy groups -OCH3 is 1. The summed E-state index contributed by atoms with van der Waals surface area (Å²) in [5, 5.41) is 8.00. The lowest BCUT2D eigenvalue weighted by molar-refractivity contribution is 0.0600. The van der Waals surface area contributed by atoms with Gasteiger partial charge in [-0.05, 0) is 42.5 Å². The molecule has 2 aromatic rings. The maximum absolute atomic E-state index is 11.9. The van der Waals surface area contributed by atoms with E-state index in [2.05, 4.69) is 0 Å². The number of nitrogens with zero attached hydrogens (tertiary/aromatic N) is 2. The first kappa shape index (κ1) is 15.4. The monoisotopic (exact) mass is 315 g/mol. The highest BCUT2D eigenvalue weighted by molar-refractivity contribution is 5.90. The number of benzene rings is 1. The van der Waals surface area contributed by atoms with Crippen molar-refractivity contribution in [2.45, 2.75) is 19.4 Å². The molecule has 0 atom stereocenters. The van der Waals surface area contributed by atoms with E-state index in [9.17, 15) is 4.79 Å². The van der Waals surface area contributed by atoms with Gasteiger partial charge in [0.15, 0.2) is 0 Å². The lowest BCUT2D eigenvalue weighted by Gasteiger charge is -2.11. The Morgan fingerprint density at radius 3 is 2.70 bits per heavy atom. The fraction of sp³-hybridized carbons (Fsp3) is 0.412. The zero-order valence-corrected chi connectivity index (χ0v) is 13.4. The molecule has 1 aliphatic rings. The highest BCUT2D eigenvalue weighted by Gasteiger charge is 2.22. The molecule has 1 aromatic heterocycles. The van der Waals surface area contributed by atoms with Gasteiger partial charge >= 0.3 is 5.97 Å². The summed E-state index contributed by atoms with van der Waals surface area (Å²) in [6, 6.07) is 5.43. The van der Waals surface area contributed by atoms with Crippen LogP contribution in [0.15, 0.2) is 30.6 Å². The van der Waals surface area contributed by atoms with Crippen LogP contribution < -0.4 is 10.4 Å². The Labute approximate surface area is 134 Å². The fourth-order valence-electron chi connectivity index (χ4n) is 2.42. The summed E-state index contributed by atoms with van der Waals surface area (Å²) in [6.45, 7) is 1.19. The number of aryl methyl sites for hydroxylation is 1. The van der Waals surface area contributed by atoms with Gasteiger partial charge in [-0.3, -0.25) is 5.41 Å². The Morgan fingerprint density at radius 2 is 2.09 bits per heavy atom. The number of hydrogen-bond acceptors (Lipinski definition) is 4. The first-order chi connectivity index (χ1) is 11.1. The molecule has 0 unspecified atom stereocenters. The average Bonchev–Trinajstić information content (AvgIpc) is 3.34. The van der Waals surface area contributed by atoms with Gasteiger partial charge < -0.3 is 18.6 Å². The van der Waals surface area contributed by atoms with Gasteiger partial charge in [0.1, 0.15) is 5.75 Å². The molecule has 1 saturated carbocycles. The normalized spacial score (nSPS) is 13.8. The van der Waals surface area contributed by atoms with Gasteiger partial charge in [-0.25, -0.2) is 4.79 Å². The first-order valence-corrected chi connectivity index (χ1v) is 7.68. The number of carbonyl (C=O) groups is 1. The van der Waals surface area contributed by atoms with Crippen molar-refractivity contribution in [3.8, 4) is 5.75 Å². The third kappa shape index (κ3) is 3.64. The van der Waals surface area contributed by atoms with Crippen LogP contribution in [0.5, 0.6) is 5.75 Å². The minimum absolute atomic E-state index is 0.382. The molecule has 0 amide bonds. The van der Waals surface area contributed by atoms with E-state index in [0.29, 0.717) is 36.0 Å². The largest absolute Gasteiger partial charge is 0.493 e. The maximum Gasteiger partial charge on any atom is 0.337 e. The second-order valence-electron chi connectivity index (χ2n) is 5.97. The zero-order chi connectivity index (χ0) is 16.4. The predicted octanol–water partition coefficient (Wildman–Crippen LogP) is 1.93. The van der Waals surface area contributed by atoms with Gasteiger partial charge in [0.2, 0.25) is 5.62 Å². The van der Waals surface area contributed by atoms with Crippen LogP contribution in [-0.4, -0.2) is 28.8 Å². The van der Waals surface area contributed by atoms with Crippen molar-refractivity contribution in [2.75, 3.05) is 13.7 Å². The van der Waals surface area contributed by atoms with E-state index in [4.69, 9.17) is 14.9 Å². The van der Waals surface area contributed by atoms with Gasteiger partial charge in [-0.1, -0.05) is 0 Å². The second-order valence-corrected chi connectivity index (χ2v) is 5.97. The Hall–Kier alpha value is -2.50. The summed E-state index contributed by atoms with van der Waals surface area (Å²) in [5.41, 5.74) is 1.77. The summed E-state index contributed by atoms with van der Waals surface area (Å²) in [6.07, 6.45) is 6.10. The molecule has 23 heavy (non-hydrogen) atoms.